The number of ether oxygens (including phenoxy) is 1. The number of aryl methyl sites for hydroxylation is 1. The second-order valence-electron chi connectivity index (χ2n) is 9.46. The van der Waals surface area contributed by atoms with Gasteiger partial charge in [-0.25, -0.2) is 14.2 Å². The number of benzene rings is 1. The summed E-state index contributed by atoms with van der Waals surface area (Å²) in [5.41, 5.74) is 4.13. The molecule has 0 radical (unpaired) electrons. The predicted octanol–water partition coefficient (Wildman–Crippen LogP) is 3.97. The molecule has 3 aromatic rings. The van der Waals surface area contributed by atoms with Gasteiger partial charge in [0.05, 0.1) is 29.0 Å². The van der Waals surface area contributed by atoms with Crippen molar-refractivity contribution in [2.75, 3.05) is 0 Å². The fraction of sp³-hybridized carbons (Fsp3) is 0.423. The lowest BCUT2D eigenvalue weighted by atomic mass is 9.77. The van der Waals surface area contributed by atoms with E-state index in [0.717, 1.165) is 35.8 Å². The topological polar surface area (TPSA) is 81.4 Å². The van der Waals surface area contributed by atoms with Crippen molar-refractivity contribution in [1.82, 2.24) is 9.55 Å². The lowest BCUT2D eigenvalue weighted by Gasteiger charge is -2.31. The van der Waals surface area contributed by atoms with Crippen molar-refractivity contribution in [1.29, 1.82) is 0 Å². The lowest BCUT2D eigenvalue weighted by molar-refractivity contribution is -0.172. The number of hydrogen-bond acceptors (Lipinski definition) is 5. The molecule has 6 rings (SSSR count). The highest BCUT2D eigenvalue weighted by Crippen LogP contribution is 2.47. The molecule has 170 valence electrons. The second-order valence-corrected chi connectivity index (χ2v) is 9.46. The average molecular weight is 448 g/mol. The van der Waals surface area contributed by atoms with Gasteiger partial charge < -0.3 is 14.4 Å². The van der Waals surface area contributed by atoms with E-state index in [1.54, 1.807) is 17.6 Å². The Hall–Kier alpha value is -3.06. The minimum atomic E-state index is -1.86. The van der Waals surface area contributed by atoms with E-state index in [9.17, 15) is 19.1 Å². The molecule has 0 fully saturated rings. The highest BCUT2D eigenvalue weighted by Gasteiger charge is 2.45. The largest absolute Gasteiger partial charge is 0.458 e. The summed E-state index contributed by atoms with van der Waals surface area (Å²) in [6.45, 7) is 5.88. The maximum atomic E-state index is 14.8. The van der Waals surface area contributed by atoms with Crippen LogP contribution < -0.4 is 5.56 Å². The second kappa shape index (κ2) is 6.73. The van der Waals surface area contributed by atoms with E-state index in [0.29, 0.717) is 46.1 Å². The van der Waals surface area contributed by atoms with E-state index in [1.807, 2.05) is 6.92 Å². The summed E-state index contributed by atoms with van der Waals surface area (Å²) in [6.07, 6.45) is 2.78. The first-order valence-electron chi connectivity index (χ1n) is 11.6. The molecule has 2 atom stereocenters. The summed E-state index contributed by atoms with van der Waals surface area (Å²) < 4.78 is 21.6. The highest BCUT2D eigenvalue weighted by atomic mass is 19.1. The molecule has 1 N–H and O–H groups in total. The minimum Gasteiger partial charge on any atom is -0.458 e. The number of carbonyl (C=O) groups excluding carboxylic acids is 1. The zero-order valence-electron chi connectivity index (χ0n) is 18.9. The van der Waals surface area contributed by atoms with Gasteiger partial charge in [0.25, 0.3) is 5.56 Å². The van der Waals surface area contributed by atoms with Gasteiger partial charge in [-0.3, -0.25) is 4.79 Å². The molecule has 0 amide bonds. The van der Waals surface area contributed by atoms with Crippen LogP contribution in [0.25, 0.3) is 22.3 Å². The Bertz CT molecular complexity index is 1460. The van der Waals surface area contributed by atoms with E-state index in [-0.39, 0.29) is 24.4 Å². The number of aliphatic hydroxyl groups is 1. The molecule has 4 heterocycles. The summed E-state index contributed by atoms with van der Waals surface area (Å²) in [5, 5.41) is 12.1. The summed E-state index contributed by atoms with van der Waals surface area (Å²) in [6, 6.07) is 3.21. The zero-order valence-corrected chi connectivity index (χ0v) is 18.9. The Morgan fingerprint density at radius 2 is 2.03 bits per heavy atom. The van der Waals surface area contributed by atoms with Gasteiger partial charge in [0, 0.05) is 22.6 Å². The Balaban J connectivity index is 1.70. The summed E-state index contributed by atoms with van der Waals surface area (Å²) >= 11 is 0. The number of cyclic esters (lactones) is 1. The van der Waals surface area contributed by atoms with Gasteiger partial charge in [0.15, 0.2) is 5.60 Å². The minimum absolute atomic E-state index is 0.0940. The van der Waals surface area contributed by atoms with Crippen molar-refractivity contribution in [3.05, 3.63) is 61.7 Å². The number of fused-ring (bicyclic) bond motifs is 5. The third-order valence-corrected chi connectivity index (χ3v) is 7.99. The number of aromatic nitrogens is 2. The number of rotatable bonds is 2. The molecular weight excluding hydrogens is 423 g/mol. The first-order chi connectivity index (χ1) is 15.8. The Morgan fingerprint density at radius 1 is 1.24 bits per heavy atom. The normalized spacial score (nSPS) is 22.7. The number of halogens is 1. The van der Waals surface area contributed by atoms with Crippen LogP contribution in [0.2, 0.25) is 0 Å². The van der Waals surface area contributed by atoms with Crippen LogP contribution in [0.5, 0.6) is 0 Å². The van der Waals surface area contributed by atoms with Crippen LogP contribution >= 0.6 is 0 Å². The van der Waals surface area contributed by atoms with Gasteiger partial charge in [-0.05, 0) is 61.3 Å². The van der Waals surface area contributed by atoms with Crippen LogP contribution in [0.15, 0.2) is 16.9 Å². The molecule has 2 aliphatic heterocycles. The van der Waals surface area contributed by atoms with E-state index >= 15 is 0 Å². The molecule has 0 spiro atoms. The summed E-state index contributed by atoms with van der Waals surface area (Å²) in [4.78, 5) is 30.7. The molecule has 6 nitrogen and oxygen atoms in total. The van der Waals surface area contributed by atoms with Crippen molar-refractivity contribution in [3.63, 3.8) is 0 Å². The maximum absolute atomic E-state index is 14.8. The fourth-order valence-electron chi connectivity index (χ4n) is 6.06. The van der Waals surface area contributed by atoms with Crippen molar-refractivity contribution < 1.29 is 19.0 Å². The Kier molecular flexibility index (Phi) is 4.19. The number of carbonyl (C=O) groups is 1. The van der Waals surface area contributed by atoms with Crippen LogP contribution in [0.4, 0.5) is 4.39 Å². The molecule has 0 unspecified atom stereocenters. The molecule has 0 saturated carbocycles. The van der Waals surface area contributed by atoms with Gasteiger partial charge in [-0.2, -0.15) is 0 Å². The molecular formula is C26H25FN2O4. The first kappa shape index (κ1) is 20.5. The standard InChI is InChI=1S/C26H25FN2O4/c1-4-13-6-7-14-12(3)18(27)9-19-22(14)21(13)15-10-29-20(23(15)28-19)8-17-16(24(29)30)11-33-25(31)26(17,32)5-2/h8-9,13,32H,4-7,10-11H2,1-3H3/t13-,26-/m0/s1. The third kappa shape index (κ3) is 2.48. The fourth-order valence-corrected chi connectivity index (χ4v) is 6.06. The van der Waals surface area contributed by atoms with Gasteiger partial charge >= 0.3 is 5.97 Å². The van der Waals surface area contributed by atoms with Gasteiger partial charge in [-0.1, -0.05) is 13.8 Å². The van der Waals surface area contributed by atoms with E-state index < -0.39 is 11.6 Å². The number of hydrogen-bond donors (Lipinski definition) is 1. The zero-order chi connectivity index (χ0) is 23.2. The predicted molar refractivity (Wildman–Crippen MR) is 121 cm³/mol. The van der Waals surface area contributed by atoms with Crippen molar-refractivity contribution in [2.45, 2.75) is 71.1 Å². The maximum Gasteiger partial charge on any atom is 0.343 e. The first-order valence-corrected chi connectivity index (χ1v) is 11.6. The smallest absolute Gasteiger partial charge is 0.343 e. The van der Waals surface area contributed by atoms with Crippen LogP contribution in [0.3, 0.4) is 0 Å². The molecule has 3 aliphatic rings. The molecule has 7 heteroatoms. The van der Waals surface area contributed by atoms with Crippen LogP contribution in [0, 0.1) is 12.7 Å². The quantitative estimate of drug-likeness (QED) is 0.470. The van der Waals surface area contributed by atoms with Crippen LogP contribution in [-0.4, -0.2) is 20.6 Å². The van der Waals surface area contributed by atoms with Gasteiger partial charge in [0.1, 0.15) is 12.4 Å². The van der Waals surface area contributed by atoms with E-state index in [2.05, 4.69) is 6.92 Å². The highest BCUT2D eigenvalue weighted by molar-refractivity contribution is 5.93. The number of pyridine rings is 2. The molecule has 0 saturated heterocycles. The molecule has 1 aliphatic carbocycles. The summed E-state index contributed by atoms with van der Waals surface area (Å²) in [5.74, 6) is -0.705. The van der Waals surface area contributed by atoms with Gasteiger partial charge in [0.2, 0.25) is 0 Å². The number of nitrogens with zero attached hydrogens (tertiary/aromatic N) is 2. The summed E-state index contributed by atoms with van der Waals surface area (Å²) in [7, 11) is 0. The monoisotopic (exact) mass is 448 g/mol. The molecule has 2 aromatic heterocycles. The lowest BCUT2D eigenvalue weighted by Crippen LogP contribution is -2.44. The van der Waals surface area contributed by atoms with Crippen molar-refractivity contribution in [3.8, 4) is 11.4 Å². The molecule has 1 aromatic carbocycles. The van der Waals surface area contributed by atoms with Crippen LogP contribution in [-0.2, 0) is 34.7 Å². The van der Waals surface area contributed by atoms with Gasteiger partial charge in [-0.15, -0.1) is 0 Å². The molecule has 33 heavy (non-hydrogen) atoms. The Labute approximate surface area is 190 Å². The van der Waals surface area contributed by atoms with Crippen molar-refractivity contribution in [2.24, 2.45) is 0 Å². The third-order valence-electron chi connectivity index (χ3n) is 7.99. The SMILES string of the molecule is CC[C@H]1CCc2c(C)c(F)cc3nc4c(c1c23)Cn1c-4cc2c(c1=O)COC(=O)[C@]2(O)CC. The average Bonchev–Trinajstić information content (AvgIpc) is 3.18. The van der Waals surface area contributed by atoms with Crippen molar-refractivity contribution >= 4 is 16.9 Å². The van der Waals surface area contributed by atoms with Crippen LogP contribution in [0.1, 0.15) is 72.4 Å². The molecule has 0 bridgehead atoms. The van der Waals surface area contributed by atoms with E-state index in [4.69, 9.17) is 9.72 Å². The Morgan fingerprint density at radius 3 is 2.76 bits per heavy atom. The van der Waals surface area contributed by atoms with E-state index in [1.165, 1.54) is 11.6 Å². The number of esters is 1.